The van der Waals surface area contributed by atoms with E-state index < -0.39 is 0 Å². The summed E-state index contributed by atoms with van der Waals surface area (Å²) in [6.45, 7) is 4.52. The third-order valence-corrected chi connectivity index (χ3v) is 2.61. The molecular weight excluding hydrogens is 182 g/mol. The molecule has 4 heteroatoms. The molecule has 0 aromatic heterocycles. The van der Waals surface area contributed by atoms with Crippen molar-refractivity contribution in [3.05, 3.63) is 0 Å². The highest BCUT2D eigenvalue weighted by molar-refractivity contribution is 5.85. The molecule has 0 N–H and O–H groups in total. The molecule has 4 nitrogen and oxygen atoms in total. The van der Waals surface area contributed by atoms with Gasteiger partial charge in [-0.1, -0.05) is 13.8 Å². The first kappa shape index (κ1) is 11.0. The van der Waals surface area contributed by atoms with Gasteiger partial charge in [-0.3, -0.25) is 4.79 Å². The number of hydrogen-bond acceptors (Lipinski definition) is 3. The number of carbonyl (C=O) groups is 2. The summed E-state index contributed by atoms with van der Waals surface area (Å²) in [7, 11) is 1.36. The quantitative estimate of drug-likeness (QED) is 0.618. The van der Waals surface area contributed by atoms with Gasteiger partial charge in [-0.2, -0.15) is 0 Å². The Bertz CT molecular complexity index is 216. The van der Waals surface area contributed by atoms with Gasteiger partial charge in [-0.25, -0.2) is 4.79 Å². The van der Waals surface area contributed by atoms with Gasteiger partial charge >= 0.3 is 5.97 Å². The highest BCUT2D eigenvalue weighted by atomic mass is 16.5. The number of nitrogens with zero attached hydrogens (tertiary/aromatic N) is 1. The number of rotatable bonds is 2. The number of methoxy groups -OCH3 is 1. The van der Waals surface area contributed by atoms with Crippen LogP contribution in [0.15, 0.2) is 0 Å². The van der Waals surface area contributed by atoms with Gasteiger partial charge < -0.3 is 9.64 Å². The Morgan fingerprint density at radius 3 is 2.64 bits per heavy atom. The first-order valence-electron chi connectivity index (χ1n) is 4.97. The van der Waals surface area contributed by atoms with E-state index in [-0.39, 0.29) is 17.9 Å². The predicted molar refractivity (Wildman–Crippen MR) is 51.6 cm³/mol. The zero-order valence-electron chi connectivity index (χ0n) is 8.95. The smallest absolute Gasteiger partial charge is 0.328 e. The van der Waals surface area contributed by atoms with Gasteiger partial charge in [-0.05, 0) is 12.3 Å². The maximum atomic E-state index is 11.5. The molecule has 0 spiro atoms. The summed E-state index contributed by atoms with van der Waals surface area (Å²) in [6.07, 6.45) is 1.17. The molecule has 1 aliphatic heterocycles. The van der Waals surface area contributed by atoms with Gasteiger partial charge in [0.2, 0.25) is 5.91 Å². The van der Waals surface area contributed by atoms with Crippen molar-refractivity contribution < 1.29 is 14.3 Å². The summed E-state index contributed by atoms with van der Waals surface area (Å²) < 4.78 is 4.67. The van der Waals surface area contributed by atoms with Crippen LogP contribution in [0, 0.1) is 5.92 Å². The van der Waals surface area contributed by atoms with Crippen LogP contribution in [0.3, 0.4) is 0 Å². The minimum Gasteiger partial charge on any atom is -0.467 e. The molecule has 0 aromatic rings. The topological polar surface area (TPSA) is 46.6 Å². The van der Waals surface area contributed by atoms with Gasteiger partial charge in [0.1, 0.15) is 6.04 Å². The molecule has 0 aliphatic carbocycles. The maximum Gasteiger partial charge on any atom is 0.328 e. The Morgan fingerprint density at radius 2 is 2.14 bits per heavy atom. The molecule has 0 aromatic carbocycles. The maximum absolute atomic E-state index is 11.5. The van der Waals surface area contributed by atoms with Crippen LogP contribution in [0.5, 0.6) is 0 Å². The second kappa shape index (κ2) is 4.44. The largest absolute Gasteiger partial charge is 0.467 e. The molecule has 1 heterocycles. The second-order valence-electron chi connectivity index (χ2n) is 3.78. The van der Waals surface area contributed by atoms with E-state index in [1.54, 1.807) is 11.8 Å². The molecule has 1 unspecified atom stereocenters. The van der Waals surface area contributed by atoms with E-state index in [0.29, 0.717) is 18.9 Å². The molecule has 1 aliphatic rings. The van der Waals surface area contributed by atoms with Crippen LogP contribution in [-0.4, -0.2) is 36.5 Å². The predicted octanol–water partition coefficient (Wildman–Crippen LogP) is 0.806. The summed E-state index contributed by atoms with van der Waals surface area (Å²) in [5.74, 6) is 0.121. The standard InChI is InChI=1S/C10H17NO3/c1-4-9(12)11-6-7(2)5-8(11)10(13)14-3/h7-8H,4-6H2,1-3H3/t7?,8-/m0/s1. The average Bonchev–Trinajstić information content (AvgIpc) is 2.58. The second-order valence-corrected chi connectivity index (χ2v) is 3.78. The van der Waals surface area contributed by atoms with Gasteiger partial charge in [0.15, 0.2) is 0 Å². The van der Waals surface area contributed by atoms with E-state index >= 15 is 0 Å². The molecule has 0 radical (unpaired) electrons. The molecular formula is C10H17NO3. The van der Waals surface area contributed by atoms with Crippen LogP contribution >= 0.6 is 0 Å². The molecule has 1 amide bonds. The monoisotopic (exact) mass is 199 g/mol. The molecule has 14 heavy (non-hydrogen) atoms. The molecule has 1 rings (SSSR count). The first-order valence-corrected chi connectivity index (χ1v) is 4.97. The van der Waals surface area contributed by atoms with Crippen LogP contribution in [0.1, 0.15) is 26.7 Å². The Balaban J connectivity index is 2.72. The highest BCUT2D eigenvalue weighted by Gasteiger charge is 2.37. The zero-order valence-corrected chi connectivity index (χ0v) is 8.95. The lowest BCUT2D eigenvalue weighted by Gasteiger charge is -2.21. The van der Waals surface area contributed by atoms with Gasteiger partial charge in [0.25, 0.3) is 0 Å². The van der Waals surface area contributed by atoms with E-state index in [4.69, 9.17) is 0 Å². The van der Waals surface area contributed by atoms with Crippen molar-refractivity contribution in [2.45, 2.75) is 32.7 Å². The summed E-state index contributed by atoms with van der Waals surface area (Å²) in [5, 5.41) is 0. The fourth-order valence-corrected chi connectivity index (χ4v) is 1.88. The van der Waals surface area contributed by atoms with Crippen molar-refractivity contribution in [1.29, 1.82) is 0 Å². The molecule has 2 atom stereocenters. The van der Waals surface area contributed by atoms with Gasteiger partial charge in [0, 0.05) is 13.0 Å². The lowest BCUT2D eigenvalue weighted by Crippen LogP contribution is -2.40. The lowest BCUT2D eigenvalue weighted by atomic mass is 10.1. The normalized spacial score (nSPS) is 26.4. The van der Waals surface area contributed by atoms with Crippen molar-refractivity contribution in [1.82, 2.24) is 4.90 Å². The Labute approximate surface area is 84.2 Å². The number of likely N-dealkylation sites (tertiary alicyclic amines) is 1. The number of carbonyl (C=O) groups excluding carboxylic acids is 2. The first-order chi connectivity index (χ1) is 6.60. The third kappa shape index (κ3) is 2.05. The Morgan fingerprint density at radius 1 is 1.50 bits per heavy atom. The zero-order chi connectivity index (χ0) is 10.7. The van der Waals surface area contributed by atoms with Crippen LogP contribution in [-0.2, 0) is 14.3 Å². The van der Waals surface area contributed by atoms with E-state index in [0.717, 1.165) is 6.42 Å². The fraction of sp³-hybridized carbons (Fsp3) is 0.800. The summed E-state index contributed by atoms with van der Waals surface area (Å²) >= 11 is 0. The molecule has 80 valence electrons. The van der Waals surface area contributed by atoms with Gasteiger partial charge in [0.05, 0.1) is 7.11 Å². The van der Waals surface area contributed by atoms with Crippen LogP contribution < -0.4 is 0 Å². The average molecular weight is 199 g/mol. The molecule has 0 bridgehead atoms. The van der Waals surface area contributed by atoms with E-state index in [9.17, 15) is 9.59 Å². The summed E-state index contributed by atoms with van der Waals surface area (Å²) in [4.78, 5) is 24.5. The SMILES string of the molecule is CCC(=O)N1CC(C)C[C@H]1C(=O)OC. The number of ether oxygens (including phenoxy) is 1. The van der Waals surface area contributed by atoms with Crippen molar-refractivity contribution in [2.24, 2.45) is 5.92 Å². The fourth-order valence-electron chi connectivity index (χ4n) is 1.88. The molecule has 1 saturated heterocycles. The van der Waals surface area contributed by atoms with Crippen molar-refractivity contribution in [3.8, 4) is 0 Å². The Hall–Kier alpha value is -1.06. The summed E-state index contributed by atoms with van der Waals surface area (Å²) in [5.41, 5.74) is 0. The number of hydrogen-bond donors (Lipinski definition) is 0. The van der Waals surface area contributed by atoms with Crippen LogP contribution in [0.25, 0.3) is 0 Å². The lowest BCUT2D eigenvalue weighted by molar-refractivity contribution is -0.150. The number of amides is 1. The minimum atomic E-state index is -0.359. The number of esters is 1. The third-order valence-electron chi connectivity index (χ3n) is 2.61. The van der Waals surface area contributed by atoms with Crippen molar-refractivity contribution >= 4 is 11.9 Å². The minimum absolute atomic E-state index is 0.0322. The van der Waals surface area contributed by atoms with E-state index in [1.807, 2.05) is 6.92 Å². The highest BCUT2D eigenvalue weighted by Crippen LogP contribution is 2.24. The van der Waals surface area contributed by atoms with E-state index in [1.165, 1.54) is 7.11 Å². The summed E-state index contributed by atoms with van der Waals surface area (Å²) in [6, 6.07) is -0.359. The van der Waals surface area contributed by atoms with E-state index in [2.05, 4.69) is 4.74 Å². The molecule has 0 saturated carbocycles. The van der Waals surface area contributed by atoms with Crippen molar-refractivity contribution in [3.63, 3.8) is 0 Å². The van der Waals surface area contributed by atoms with Crippen LogP contribution in [0.4, 0.5) is 0 Å². The van der Waals surface area contributed by atoms with Crippen LogP contribution in [0.2, 0.25) is 0 Å². The van der Waals surface area contributed by atoms with Crippen molar-refractivity contribution in [2.75, 3.05) is 13.7 Å². The molecule has 1 fully saturated rings. The Kier molecular flexibility index (Phi) is 3.49. The van der Waals surface area contributed by atoms with Gasteiger partial charge in [-0.15, -0.1) is 0 Å².